The number of nitrogens with zero attached hydrogens (tertiary/aromatic N) is 1. The third-order valence-corrected chi connectivity index (χ3v) is 8.01. The number of benzene rings is 1. The molecule has 12 nitrogen and oxygen atoms in total. The normalized spacial score (nSPS) is 11.8. The summed E-state index contributed by atoms with van der Waals surface area (Å²) in [5, 5.41) is 1.50. The van der Waals surface area contributed by atoms with Crippen LogP contribution in [0.3, 0.4) is 0 Å². The number of hydrogen-bond acceptors (Lipinski definition) is 12. The molecule has 0 saturated heterocycles. The van der Waals surface area contributed by atoms with Gasteiger partial charge in [-0.15, -0.1) is 0 Å². The van der Waals surface area contributed by atoms with Crippen LogP contribution < -0.4 is 22.0 Å². The van der Waals surface area contributed by atoms with E-state index in [1.807, 2.05) is 24.3 Å². The van der Waals surface area contributed by atoms with Crippen LogP contribution >= 0.6 is 0 Å². The molecule has 1 rings (SSSR count). The molecule has 1 aromatic rings. The molecule has 0 unspecified atom stereocenters. The molecular formula is C39H74N4O8. The Labute approximate surface area is 309 Å². The van der Waals surface area contributed by atoms with Crippen molar-refractivity contribution in [1.82, 2.24) is 5.01 Å². The van der Waals surface area contributed by atoms with Crippen LogP contribution in [0.4, 0.5) is 0 Å². The van der Waals surface area contributed by atoms with Crippen molar-refractivity contribution in [2.45, 2.75) is 90.4 Å². The summed E-state index contributed by atoms with van der Waals surface area (Å²) in [4.78, 5) is 0. The SMILES string of the molecule is CCc1ccc(OC/C(N)=C/N(N)CCOCCOCCOCCOCCOCCOCCCCCCCCCCCCCCOCCN)cc1. The van der Waals surface area contributed by atoms with Crippen LogP contribution in [-0.2, 0) is 39.6 Å². The molecule has 6 N–H and O–H groups in total. The molecule has 0 aliphatic rings. The summed E-state index contributed by atoms with van der Waals surface area (Å²) in [6.45, 7) is 11.7. The van der Waals surface area contributed by atoms with Gasteiger partial charge >= 0.3 is 0 Å². The summed E-state index contributed by atoms with van der Waals surface area (Å²) < 4.78 is 44.5. The summed E-state index contributed by atoms with van der Waals surface area (Å²) in [6, 6.07) is 7.98. The molecule has 51 heavy (non-hydrogen) atoms. The Balaban J connectivity index is 1.71. The van der Waals surface area contributed by atoms with Gasteiger partial charge in [-0.25, -0.2) is 5.84 Å². The molecule has 0 fully saturated rings. The minimum atomic E-state index is 0.267. The van der Waals surface area contributed by atoms with Crippen molar-refractivity contribution in [2.75, 3.05) is 112 Å². The van der Waals surface area contributed by atoms with Crippen LogP contribution in [0.25, 0.3) is 0 Å². The van der Waals surface area contributed by atoms with E-state index in [9.17, 15) is 0 Å². The summed E-state index contributed by atoms with van der Waals surface area (Å²) in [7, 11) is 0. The molecule has 0 aliphatic carbocycles. The number of ether oxygens (including phenoxy) is 8. The molecule has 0 aliphatic heterocycles. The van der Waals surface area contributed by atoms with E-state index < -0.39 is 0 Å². The first-order valence-electron chi connectivity index (χ1n) is 19.6. The molecule has 1 aromatic carbocycles. The minimum absolute atomic E-state index is 0.267. The fourth-order valence-corrected chi connectivity index (χ4v) is 5.04. The average Bonchev–Trinajstić information content (AvgIpc) is 3.14. The van der Waals surface area contributed by atoms with Crippen LogP contribution in [0.15, 0.2) is 36.2 Å². The van der Waals surface area contributed by atoms with Gasteiger partial charge in [-0.2, -0.15) is 0 Å². The average molecular weight is 727 g/mol. The molecule has 0 spiro atoms. The zero-order valence-electron chi connectivity index (χ0n) is 32.0. The lowest BCUT2D eigenvalue weighted by Gasteiger charge is -2.15. The first-order valence-corrected chi connectivity index (χ1v) is 19.6. The van der Waals surface area contributed by atoms with Crippen molar-refractivity contribution in [3.05, 3.63) is 41.7 Å². The molecular weight excluding hydrogens is 652 g/mol. The van der Waals surface area contributed by atoms with Crippen molar-refractivity contribution in [2.24, 2.45) is 17.3 Å². The Bertz CT molecular complexity index is 881. The highest BCUT2D eigenvalue weighted by Crippen LogP contribution is 2.13. The van der Waals surface area contributed by atoms with E-state index in [-0.39, 0.29) is 6.61 Å². The first kappa shape index (κ1) is 47.0. The largest absolute Gasteiger partial charge is 0.487 e. The van der Waals surface area contributed by atoms with E-state index >= 15 is 0 Å². The fraction of sp³-hybridized carbons (Fsp3) is 0.795. The Morgan fingerprint density at radius 3 is 1.31 bits per heavy atom. The smallest absolute Gasteiger partial charge is 0.129 e. The van der Waals surface area contributed by atoms with Crippen LogP contribution in [0.2, 0.25) is 0 Å². The zero-order valence-corrected chi connectivity index (χ0v) is 32.0. The number of aryl methyl sites for hydroxylation is 1. The summed E-state index contributed by atoms with van der Waals surface area (Å²) in [6.07, 6.45) is 18.3. The number of hydrogen-bond donors (Lipinski definition) is 3. The summed E-state index contributed by atoms with van der Waals surface area (Å²) >= 11 is 0. The van der Waals surface area contributed by atoms with Gasteiger partial charge in [0.05, 0.1) is 91.5 Å². The second-order valence-electron chi connectivity index (χ2n) is 12.5. The summed E-state index contributed by atoms with van der Waals surface area (Å²) in [5.41, 5.74) is 13.2. The van der Waals surface area contributed by atoms with E-state index in [1.165, 1.54) is 81.2 Å². The third-order valence-electron chi connectivity index (χ3n) is 8.01. The second-order valence-corrected chi connectivity index (χ2v) is 12.5. The van der Waals surface area contributed by atoms with Crippen molar-refractivity contribution in [3.63, 3.8) is 0 Å². The van der Waals surface area contributed by atoms with Gasteiger partial charge in [0.2, 0.25) is 0 Å². The Morgan fingerprint density at radius 2 is 0.902 bits per heavy atom. The van der Waals surface area contributed by atoms with Crippen LogP contribution in [0.1, 0.15) is 89.5 Å². The van der Waals surface area contributed by atoms with E-state index in [1.54, 1.807) is 6.20 Å². The molecule has 0 radical (unpaired) electrons. The topological polar surface area (TPSA) is 155 Å². The van der Waals surface area contributed by atoms with Crippen LogP contribution in [-0.4, -0.2) is 117 Å². The molecule has 12 heteroatoms. The quantitative estimate of drug-likeness (QED) is 0.0453. The van der Waals surface area contributed by atoms with Gasteiger partial charge in [-0.05, 0) is 37.0 Å². The van der Waals surface area contributed by atoms with E-state index in [0.29, 0.717) is 98.1 Å². The molecule has 0 bridgehead atoms. The second kappa shape index (κ2) is 37.7. The van der Waals surface area contributed by atoms with Gasteiger partial charge in [0.1, 0.15) is 12.4 Å². The Kier molecular flexibility index (Phi) is 34.8. The molecule has 0 saturated carbocycles. The standard InChI is InChI=1S/C39H74N4O8/c1-2-37-15-17-39(18-16-37)51-36-38(41)35-43(42)20-24-46-26-28-48-30-32-50-34-33-49-31-29-47-27-25-45-22-14-12-10-8-6-4-3-5-7-9-11-13-21-44-23-19-40/h15-18,35H,2-14,19-34,36,40-42H2,1H3/b38-35-. The number of nitrogens with two attached hydrogens (primary N) is 3. The van der Waals surface area contributed by atoms with E-state index in [2.05, 4.69) is 6.92 Å². The van der Waals surface area contributed by atoms with Crippen LogP contribution in [0.5, 0.6) is 5.75 Å². The first-order chi connectivity index (χ1) is 25.2. The monoisotopic (exact) mass is 727 g/mol. The molecule has 0 atom stereocenters. The predicted octanol–water partition coefficient (Wildman–Crippen LogP) is 5.36. The van der Waals surface area contributed by atoms with Crippen molar-refractivity contribution in [3.8, 4) is 5.75 Å². The van der Waals surface area contributed by atoms with Crippen molar-refractivity contribution in [1.29, 1.82) is 0 Å². The highest BCUT2D eigenvalue weighted by molar-refractivity contribution is 5.27. The Morgan fingerprint density at radius 1 is 0.529 bits per heavy atom. The minimum Gasteiger partial charge on any atom is -0.487 e. The van der Waals surface area contributed by atoms with Gasteiger partial charge < -0.3 is 54.4 Å². The predicted molar refractivity (Wildman–Crippen MR) is 205 cm³/mol. The van der Waals surface area contributed by atoms with Gasteiger partial charge in [-0.3, -0.25) is 0 Å². The molecule has 0 heterocycles. The lowest BCUT2D eigenvalue weighted by atomic mass is 10.1. The van der Waals surface area contributed by atoms with Gasteiger partial charge in [0, 0.05) is 26.0 Å². The van der Waals surface area contributed by atoms with E-state index in [0.717, 1.165) is 31.8 Å². The summed E-state index contributed by atoms with van der Waals surface area (Å²) in [5.74, 6) is 6.75. The van der Waals surface area contributed by atoms with E-state index in [4.69, 9.17) is 55.2 Å². The zero-order chi connectivity index (χ0) is 36.7. The third kappa shape index (κ3) is 33.6. The van der Waals surface area contributed by atoms with Gasteiger partial charge in [0.15, 0.2) is 0 Å². The highest BCUT2D eigenvalue weighted by Gasteiger charge is 2.01. The maximum atomic E-state index is 6.01. The van der Waals surface area contributed by atoms with Crippen molar-refractivity contribution < 1.29 is 37.9 Å². The van der Waals surface area contributed by atoms with Gasteiger partial charge in [0.25, 0.3) is 0 Å². The number of rotatable bonds is 40. The van der Waals surface area contributed by atoms with Gasteiger partial charge in [-0.1, -0.05) is 83.3 Å². The fourth-order valence-electron chi connectivity index (χ4n) is 5.04. The number of hydrazine groups is 1. The van der Waals surface area contributed by atoms with Crippen molar-refractivity contribution >= 4 is 0 Å². The lowest BCUT2D eigenvalue weighted by molar-refractivity contribution is -0.0173. The maximum Gasteiger partial charge on any atom is 0.129 e. The molecule has 0 aromatic heterocycles. The molecule has 298 valence electrons. The maximum absolute atomic E-state index is 6.01. The Hall–Kier alpha value is -2.00. The highest BCUT2D eigenvalue weighted by atomic mass is 16.6. The van der Waals surface area contributed by atoms with Crippen LogP contribution in [0, 0.1) is 0 Å². The lowest BCUT2D eigenvalue weighted by Crippen LogP contribution is -2.31. The number of unbranched alkanes of at least 4 members (excludes halogenated alkanes) is 11. The molecule has 0 amide bonds.